The first-order valence-corrected chi connectivity index (χ1v) is 15.4. The Morgan fingerprint density at radius 1 is 1.16 bits per heavy atom. The first kappa shape index (κ1) is 26.9. The predicted octanol–water partition coefficient (Wildman–Crippen LogP) is 6.63. The Kier molecular flexibility index (Phi) is 7.74. The van der Waals surface area contributed by atoms with Crippen molar-refractivity contribution in [1.29, 1.82) is 0 Å². The Morgan fingerprint density at radius 2 is 1.89 bits per heavy atom. The molecule has 7 nitrogen and oxygen atoms in total. The minimum absolute atomic E-state index is 0.0143. The van der Waals surface area contributed by atoms with E-state index >= 15 is 0 Å². The van der Waals surface area contributed by atoms with Crippen molar-refractivity contribution in [3.63, 3.8) is 0 Å². The molecule has 0 bridgehead atoms. The van der Waals surface area contributed by atoms with E-state index in [4.69, 9.17) is 14.2 Å². The first-order valence-electron chi connectivity index (χ1n) is 11.7. The first-order chi connectivity index (χ1) is 17.4. The van der Waals surface area contributed by atoms with Crippen LogP contribution in [0.3, 0.4) is 0 Å². The van der Waals surface area contributed by atoms with E-state index in [1.807, 2.05) is 0 Å². The minimum atomic E-state index is -4.77. The second kappa shape index (κ2) is 10.7. The van der Waals surface area contributed by atoms with Crippen molar-refractivity contribution >= 4 is 30.8 Å². The summed E-state index contributed by atoms with van der Waals surface area (Å²) in [6, 6.07) is 3.98. The van der Waals surface area contributed by atoms with Gasteiger partial charge in [0.05, 0.1) is 17.6 Å². The van der Waals surface area contributed by atoms with E-state index in [-0.39, 0.29) is 24.1 Å². The lowest BCUT2D eigenvalue weighted by molar-refractivity contribution is -0.136. The third-order valence-electron chi connectivity index (χ3n) is 5.51. The van der Waals surface area contributed by atoms with Crippen LogP contribution in [0.2, 0.25) is 25.7 Å². The molecule has 0 unspecified atom stereocenters. The number of aliphatic imine (C=N–C) groups is 1. The van der Waals surface area contributed by atoms with E-state index in [1.54, 1.807) is 0 Å². The highest BCUT2D eigenvalue weighted by Crippen LogP contribution is 2.42. The molecule has 0 aliphatic carbocycles. The number of halogens is 5. The van der Waals surface area contributed by atoms with Gasteiger partial charge >= 0.3 is 6.18 Å². The van der Waals surface area contributed by atoms with Crippen LogP contribution in [0.25, 0.3) is 11.0 Å². The minimum Gasteiger partial charge on any atom is -0.465 e. The Morgan fingerprint density at radius 3 is 2.51 bits per heavy atom. The van der Waals surface area contributed by atoms with E-state index in [0.29, 0.717) is 19.8 Å². The van der Waals surface area contributed by atoms with Crippen LogP contribution in [0.1, 0.15) is 12.0 Å². The quantitative estimate of drug-likeness (QED) is 0.197. The lowest BCUT2D eigenvalue weighted by Gasteiger charge is -2.16. The third-order valence-corrected chi connectivity index (χ3v) is 7.21. The molecule has 0 amide bonds. The van der Waals surface area contributed by atoms with Crippen LogP contribution < -0.4 is 10.1 Å². The van der Waals surface area contributed by atoms with E-state index in [2.05, 4.69) is 34.9 Å². The Bertz CT molecular complexity index is 1280. The molecule has 13 heteroatoms. The fourth-order valence-corrected chi connectivity index (χ4v) is 4.38. The van der Waals surface area contributed by atoms with Crippen molar-refractivity contribution in [3.05, 3.63) is 47.8 Å². The molecule has 0 atom stereocenters. The number of hydrogen-bond acceptors (Lipinski definition) is 6. The maximum Gasteiger partial charge on any atom is 0.418 e. The van der Waals surface area contributed by atoms with Crippen molar-refractivity contribution in [1.82, 2.24) is 9.55 Å². The molecule has 1 aliphatic heterocycles. The molecule has 37 heavy (non-hydrogen) atoms. The average molecular weight is 543 g/mol. The number of anilines is 1. The van der Waals surface area contributed by atoms with Crippen molar-refractivity contribution < 1.29 is 36.2 Å². The maximum absolute atomic E-state index is 14.8. The van der Waals surface area contributed by atoms with E-state index in [0.717, 1.165) is 36.9 Å². The van der Waals surface area contributed by atoms with E-state index in [1.165, 1.54) is 10.8 Å². The molecule has 0 saturated carbocycles. The second-order valence-electron chi connectivity index (χ2n) is 9.75. The Balaban J connectivity index is 1.64. The highest BCUT2D eigenvalue weighted by Gasteiger charge is 2.37. The van der Waals surface area contributed by atoms with Crippen molar-refractivity contribution in [3.8, 4) is 11.5 Å². The number of benzene rings is 1. The van der Waals surface area contributed by atoms with Gasteiger partial charge < -0.3 is 24.1 Å². The van der Waals surface area contributed by atoms with Crippen LogP contribution in [0.5, 0.6) is 11.5 Å². The van der Waals surface area contributed by atoms with E-state index in [9.17, 15) is 22.0 Å². The number of nitrogens with one attached hydrogen (secondary N) is 1. The van der Waals surface area contributed by atoms with Crippen molar-refractivity contribution in [2.75, 3.05) is 25.1 Å². The zero-order valence-corrected chi connectivity index (χ0v) is 21.6. The number of hydrogen-bond donors (Lipinski definition) is 1. The summed E-state index contributed by atoms with van der Waals surface area (Å²) in [5.74, 6) is -3.48. The summed E-state index contributed by atoms with van der Waals surface area (Å²) in [6.07, 6.45) is -1.97. The maximum atomic E-state index is 14.8. The molecular formula is C24H27F5N4O3Si. The van der Waals surface area contributed by atoms with Gasteiger partial charge in [0.1, 0.15) is 18.1 Å². The molecule has 3 aromatic rings. The molecule has 0 radical (unpaired) electrons. The summed E-state index contributed by atoms with van der Waals surface area (Å²) < 4.78 is 88.9. The molecule has 4 rings (SSSR count). The van der Waals surface area contributed by atoms with Gasteiger partial charge in [0.15, 0.2) is 17.4 Å². The molecule has 1 N–H and O–H groups in total. The molecule has 0 saturated heterocycles. The monoisotopic (exact) mass is 542 g/mol. The number of nitrogens with zero attached hydrogens (tertiary/aromatic N) is 3. The van der Waals surface area contributed by atoms with Gasteiger partial charge in [-0.05, 0) is 12.1 Å². The van der Waals surface area contributed by atoms with Gasteiger partial charge in [0.2, 0.25) is 0 Å². The highest BCUT2D eigenvalue weighted by atomic mass is 28.3. The largest absolute Gasteiger partial charge is 0.465 e. The molecule has 0 spiro atoms. The van der Waals surface area contributed by atoms with Crippen LogP contribution in [-0.2, 0) is 22.4 Å². The summed E-state index contributed by atoms with van der Waals surface area (Å²) >= 11 is 0. The third kappa shape index (κ3) is 6.58. The zero-order chi connectivity index (χ0) is 26.8. The summed E-state index contributed by atoms with van der Waals surface area (Å²) in [6.45, 7) is 7.63. The van der Waals surface area contributed by atoms with Gasteiger partial charge in [-0.1, -0.05) is 19.6 Å². The molecule has 200 valence electrons. The lowest BCUT2D eigenvalue weighted by Crippen LogP contribution is -2.22. The number of amidine groups is 1. The van der Waals surface area contributed by atoms with Crippen molar-refractivity contribution in [2.24, 2.45) is 4.99 Å². The van der Waals surface area contributed by atoms with Gasteiger partial charge in [-0.3, -0.25) is 0 Å². The van der Waals surface area contributed by atoms with Gasteiger partial charge in [-0.15, -0.1) is 0 Å². The topological polar surface area (TPSA) is 69.9 Å². The van der Waals surface area contributed by atoms with Gasteiger partial charge in [0, 0.05) is 57.9 Å². The van der Waals surface area contributed by atoms with Gasteiger partial charge in [0.25, 0.3) is 6.02 Å². The number of pyridine rings is 1. The smallest absolute Gasteiger partial charge is 0.418 e. The molecule has 3 heterocycles. The molecule has 0 fully saturated rings. The number of rotatable bonds is 8. The molecule has 1 aromatic carbocycles. The number of aromatic nitrogens is 2. The van der Waals surface area contributed by atoms with Gasteiger partial charge in [-0.25, -0.2) is 18.8 Å². The lowest BCUT2D eigenvalue weighted by atomic mass is 10.2. The number of alkyl halides is 3. The normalized spacial score (nSPS) is 14.4. The fourth-order valence-electron chi connectivity index (χ4n) is 3.62. The number of ether oxygens (including phenoxy) is 3. The van der Waals surface area contributed by atoms with Crippen LogP contribution in [0.4, 0.5) is 27.6 Å². The summed E-state index contributed by atoms with van der Waals surface area (Å²) in [4.78, 5) is 8.12. The summed E-state index contributed by atoms with van der Waals surface area (Å²) in [5.41, 5.74) is -1.11. The average Bonchev–Trinajstić information content (AvgIpc) is 3.19. The van der Waals surface area contributed by atoms with Crippen LogP contribution in [0, 0.1) is 11.6 Å². The van der Waals surface area contributed by atoms with Crippen LogP contribution >= 0.6 is 0 Å². The highest BCUT2D eigenvalue weighted by molar-refractivity contribution is 6.76. The fraction of sp³-hybridized carbons (Fsp3) is 0.417. The van der Waals surface area contributed by atoms with E-state index < -0.39 is 48.3 Å². The zero-order valence-electron chi connectivity index (χ0n) is 20.6. The van der Waals surface area contributed by atoms with Crippen LogP contribution in [-0.4, -0.2) is 43.4 Å². The predicted molar refractivity (Wildman–Crippen MR) is 132 cm³/mol. The Hall–Kier alpha value is -3.19. The molecular weight excluding hydrogens is 515 g/mol. The van der Waals surface area contributed by atoms with Crippen LogP contribution in [0.15, 0.2) is 35.6 Å². The molecule has 2 aromatic heterocycles. The molecule has 1 aliphatic rings. The van der Waals surface area contributed by atoms with Gasteiger partial charge in [-0.2, -0.15) is 13.2 Å². The standard InChI is InChI=1S/C24H27F5N4O3Si/c1-37(2,3)10-9-34-14-33-13-16(24(27,28)29)20-19(5-7-30-22(20)33)36-21-17(25)11-15(12-18(21)26)32-23-31-6-4-8-35-23/h5,7,11-13H,4,6,8-10,14H2,1-3H3,(H,31,32). The van der Waals surface area contributed by atoms with Crippen molar-refractivity contribution in [2.45, 2.75) is 45.0 Å². The number of fused-ring (bicyclic) bond motifs is 1. The Labute approximate surface area is 211 Å². The summed E-state index contributed by atoms with van der Waals surface area (Å²) in [5, 5.41) is 2.25. The summed E-state index contributed by atoms with van der Waals surface area (Å²) in [7, 11) is -1.39. The SMILES string of the molecule is C[Si](C)(C)CCOCn1cc(C(F)(F)F)c2c(Oc3c(F)cc(NC4=NCCCO4)cc3F)ccnc21. The second-order valence-corrected chi connectivity index (χ2v) is 15.4.